The molecule has 0 spiro atoms. The summed E-state index contributed by atoms with van der Waals surface area (Å²) in [6, 6.07) is 4.81. The van der Waals surface area contributed by atoms with Crippen LogP contribution >= 0.6 is 22.6 Å². The molecule has 0 aliphatic rings. The number of nitrogens with two attached hydrogens (primary N) is 1. The summed E-state index contributed by atoms with van der Waals surface area (Å²) in [5, 5.41) is 0. The van der Waals surface area contributed by atoms with E-state index in [1.54, 1.807) is 12.1 Å². The average Bonchev–Trinajstić information content (AvgIpc) is 1.99. The van der Waals surface area contributed by atoms with Gasteiger partial charge in [-0.25, -0.2) is 10.3 Å². The first-order chi connectivity index (χ1) is 5.25. The third-order valence-electron chi connectivity index (χ3n) is 1.27. The van der Waals surface area contributed by atoms with E-state index in [4.69, 9.17) is 5.90 Å². The van der Waals surface area contributed by atoms with Crippen LogP contribution < -0.4 is 5.90 Å². The highest BCUT2D eigenvalue weighted by Gasteiger charge is 2.03. The van der Waals surface area contributed by atoms with Crippen LogP contribution in [0.1, 0.15) is 5.56 Å². The summed E-state index contributed by atoms with van der Waals surface area (Å²) in [7, 11) is 0. The largest absolute Gasteiger partial charge is 0.300 e. The lowest BCUT2D eigenvalue weighted by molar-refractivity contribution is 0.123. The fourth-order valence-corrected chi connectivity index (χ4v) is 1.26. The Bertz CT molecular complexity index is 254. The van der Waals surface area contributed by atoms with E-state index >= 15 is 0 Å². The highest BCUT2D eigenvalue weighted by molar-refractivity contribution is 14.1. The van der Waals surface area contributed by atoms with Crippen molar-refractivity contribution in [2.24, 2.45) is 5.90 Å². The SMILES string of the molecule is NOCc1cccc(F)c1I. The van der Waals surface area contributed by atoms with Crippen LogP contribution in [0.5, 0.6) is 0 Å². The summed E-state index contributed by atoms with van der Waals surface area (Å²) >= 11 is 1.92. The van der Waals surface area contributed by atoms with E-state index in [1.165, 1.54) is 6.07 Å². The molecule has 2 nitrogen and oxygen atoms in total. The summed E-state index contributed by atoms with van der Waals surface area (Å²) < 4.78 is 13.4. The first kappa shape index (κ1) is 8.89. The fourth-order valence-electron chi connectivity index (χ4n) is 0.750. The smallest absolute Gasteiger partial charge is 0.136 e. The van der Waals surface area contributed by atoms with Crippen molar-refractivity contribution in [3.8, 4) is 0 Å². The minimum Gasteiger partial charge on any atom is -0.300 e. The van der Waals surface area contributed by atoms with Gasteiger partial charge in [-0.2, -0.15) is 0 Å². The van der Waals surface area contributed by atoms with Crippen molar-refractivity contribution in [2.45, 2.75) is 6.61 Å². The zero-order valence-electron chi connectivity index (χ0n) is 5.68. The van der Waals surface area contributed by atoms with Gasteiger partial charge < -0.3 is 0 Å². The molecular formula is C7H7FINO. The molecule has 1 rings (SSSR count). The third kappa shape index (κ3) is 2.11. The number of hydrogen-bond donors (Lipinski definition) is 1. The maximum Gasteiger partial charge on any atom is 0.136 e. The fraction of sp³-hybridized carbons (Fsp3) is 0.143. The molecule has 0 atom stereocenters. The molecule has 0 heterocycles. The molecule has 0 saturated heterocycles. The maximum atomic E-state index is 12.8. The summed E-state index contributed by atoms with van der Waals surface area (Å²) in [6.45, 7) is 0.246. The molecule has 11 heavy (non-hydrogen) atoms. The van der Waals surface area contributed by atoms with Gasteiger partial charge in [0.25, 0.3) is 0 Å². The molecule has 0 fully saturated rings. The summed E-state index contributed by atoms with van der Waals surface area (Å²) in [4.78, 5) is 4.39. The zero-order chi connectivity index (χ0) is 8.27. The second kappa shape index (κ2) is 3.99. The Labute approximate surface area is 77.6 Å². The Morgan fingerprint density at radius 1 is 1.55 bits per heavy atom. The Morgan fingerprint density at radius 3 is 2.91 bits per heavy atom. The molecule has 4 heteroatoms. The average molecular weight is 267 g/mol. The van der Waals surface area contributed by atoms with Crippen LogP contribution in [0.25, 0.3) is 0 Å². The second-order valence-corrected chi connectivity index (χ2v) is 3.10. The first-order valence-electron chi connectivity index (χ1n) is 3.00. The molecule has 0 aromatic heterocycles. The Balaban J connectivity index is 2.96. The summed E-state index contributed by atoms with van der Waals surface area (Å²) in [5.74, 6) is 4.62. The van der Waals surface area contributed by atoms with Crippen LogP contribution in [-0.4, -0.2) is 0 Å². The van der Waals surface area contributed by atoms with Crippen LogP contribution in [0.15, 0.2) is 18.2 Å². The predicted molar refractivity (Wildman–Crippen MR) is 48.1 cm³/mol. The second-order valence-electron chi connectivity index (χ2n) is 2.02. The minimum atomic E-state index is -0.236. The molecule has 60 valence electrons. The monoisotopic (exact) mass is 267 g/mol. The van der Waals surface area contributed by atoms with Gasteiger partial charge in [0.15, 0.2) is 0 Å². The molecular weight excluding hydrogens is 260 g/mol. The van der Waals surface area contributed by atoms with E-state index in [9.17, 15) is 4.39 Å². The van der Waals surface area contributed by atoms with Gasteiger partial charge in [0.2, 0.25) is 0 Å². The Morgan fingerprint density at radius 2 is 2.27 bits per heavy atom. The van der Waals surface area contributed by atoms with Gasteiger partial charge in [-0.15, -0.1) is 0 Å². The number of hydrogen-bond acceptors (Lipinski definition) is 2. The van der Waals surface area contributed by atoms with Crippen LogP contribution in [0, 0.1) is 9.39 Å². The predicted octanol–water partition coefficient (Wildman–Crippen LogP) is 1.82. The van der Waals surface area contributed by atoms with Crippen LogP contribution in [0.2, 0.25) is 0 Å². The lowest BCUT2D eigenvalue weighted by Crippen LogP contribution is -2.01. The van der Waals surface area contributed by atoms with Crippen molar-refractivity contribution in [1.82, 2.24) is 0 Å². The van der Waals surface area contributed by atoms with E-state index < -0.39 is 0 Å². The van der Waals surface area contributed by atoms with E-state index in [1.807, 2.05) is 22.6 Å². The number of halogens is 2. The quantitative estimate of drug-likeness (QED) is 0.655. The topological polar surface area (TPSA) is 35.2 Å². The lowest BCUT2D eigenvalue weighted by atomic mass is 10.2. The maximum absolute atomic E-state index is 12.8. The van der Waals surface area contributed by atoms with Gasteiger partial charge in [0.1, 0.15) is 5.82 Å². The standard InChI is InChI=1S/C7H7FINO/c8-6-3-1-2-5(4-11-10)7(6)9/h1-3H,4,10H2. The van der Waals surface area contributed by atoms with Gasteiger partial charge in [-0.1, -0.05) is 12.1 Å². The van der Waals surface area contributed by atoms with Gasteiger partial charge in [0, 0.05) is 0 Å². The van der Waals surface area contributed by atoms with Gasteiger partial charge >= 0.3 is 0 Å². The Kier molecular flexibility index (Phi) is 3.22. The van der Waals surface area contributed by atoms with Gasteiger partial charge in [-0.3, -0.25) is 4.84 Å². The molecule has 1 aromatic carbocycles. The van der Waals surface area contributed by atoms with Crippen LogP contribution in [0.4, 0.5) is 4.39 Å². The van der Waals surface area contributed by atoms with Gasteiger partial charge in [-0.05, 0) is 34.2 Å². The van der Waals surface area contributed by atoms with E-state index in [0.29, 0.717) is 3.57 Å². The molecule has 0 aliphatic heterocycles. The van der Waals surface area contributed by atoms with Crippen molar-refractivity contribution in [2.75, 3.05) is 0 Å². The van der Waals surface area contributed by atoms with E-state index in [0.717, 1.165) is 5.56 Å². The Hall–Kier alpha value is -0.200. The number of rotatable bonds is 2. The van der Waals surface area contributed by atoms with Crippen molar-refractivity contribution < 1.29 is 9.23 Å². The third-order valence-corrected chi connectivity index (χ3v) is 2.48. The van der Waals surface area contributed by atoms with Crippen LogP contribution in [-0.2, 0) is 11.4 Å². The number of benzene rings is 1. The van der Waals surface area contributed by atoms with Crippen LogP contribution in [0.3, 0.4) is 0 Å². The molecule has 0 unspecified atom stereocenters. The van der Waals surface area contributed by atoms with E-state index in [-0.39, 0.29) is 12.4 Å². The summed E-state index contributed by atoms with van der Waals surface area (Å²) in [5.41, 5.74) is 0.771. The molecule has 0 radical (unpaired) electrons. The molecule has 0 bridgehead atoms. The normalized spacial score (nSPS) is 10.1. The molecule has 0 amide bonds. The molecule has 2 N–H and O–H groups in total. The van der Waals surface area contributed by atoms with Crippen molar-refractivity contribution in [3.05, 3.63) is 33.1 Å². The molecule has 0 aliphatic carbocycles. The molecule has 1 aromatic rings. The van der Waals surface area contributed by atoms with Crippen molar-refractivity contribution in [1.29, 1.82) is 0 Å². The zero-order valence-corrected chi connectivity index (χ0v) is 7.84. The van der Waals surface area contributed by atoms with Gasteiger partial charge in [0.05, 0.1) is 10.2 Å². The van der Waals surface area contributed by atoms with Crippen molar-refractivity contribution in [3.63, 3.8) is 0 Å². The van der Waals surface area contributed by atoms with E-state index in [2.05, 4.69) is 4.84 Å². The highest BCUT2D eigenvalue weighted by atomic mass is 127. The lowest BCUT2D eigenvalue weighted by Gasteiger charge is -2.01. The van der Waals surface area contributed by atoms with Crippen molar-refractivity contribution >= 4 is 22.6 Å². The first-order valence-corrected chi connectivity index (χ1v) is 4.08. The summed E-state index contributed by atoms with van der Waals surface area (Å²) in [6.07, 6.45) is 0. The molecule has 0 saturated carbocycles. The minimum absolute atomic E-state index is 0.236. The highest BCUT2D eigenvalue weighted by Crippen LogP contribution is 2.15.